The van der Waals surface area contributed by atoms with E-state index < -0.39 is 0 Å². The Morgan fingerprint density at radius 3 is 2.71 bits per heavy atom. The first-order valence-electron chi connectivity index (χ1n) is 15.2. The van der Waals surface area contributed by atoms with E-state index in [0.29, 0.717) is 49.1 Å². The van der Waals surface area contributed by atoms with Gasteiger partial charge in [0.1, 0.15) is 11.3 Å². The summed E-state index contributed by atoms with van der Waals surface area (Å²) in [7, 11) is 0. The maximum absolute atomic E-state index is 12.9. The molecule has 0 amide bonds. The summed E-state index contributed by atoms with van der Waals surface area (Å²) in [5.74, 6) is 0.491. The molecule has 1 fully saturated rings. The minimum atomic E-state index is -0.272. The first-order chi connectivity index (χ1) is 20.4. The molecule has 0 atom stereocenters. The maximum atomic E-state index is 12.9. The summed E-state index contributed by atoms with van der Waals surface area (Å²) in [6.07, 6.45) is 5.73. The SMILES string of the molecule is CCCCOc1nc(N)c2[nH]c(=O)n(CCCN(Cc3cccc(OC(=O)CC)c3)C3CCN(CCCO)CC3)c2n1. The van der Waals surface area contributed by atoms with Crippen molar-refractivity contribution in [1.29, 1.82) is 0 Å². The van der Waals surface area contributed by atoms with Crippen molar-refractivity contribution < 1.29 is 19.4 Å². The third-order valence-corrected chi connectivity index (χ3v) is 7.70. The van der Waals surface area contributed by atoms with E-state index in [1.165, 1.54) is 0 Å². The number of fused-ring (bicyclic) bond motifs is 1. The van der Waals surface area contributed by atoms with E-state index in [2.05, 4.69) is 37.7 Å². The molecular weight excluding hydrogens is 538 g/mol. The number of hydrogen-bond donors (Lipinski definition) is 3. The van der Waals surface area contributed by atoms with Crippen LogP contribution in [0.5, 0.6) is 11.8 Å². The molecule has 2 aromatic heterocycles. The van der Waals surface area contributed by atoms with E-state index in [0.717, 1.165) is 70.3 Å². The molecule has 1 saturated heterocycles. The van der Waals surface area contributed by atoms with Gasteiger partial charge in [-0.1, -0.05) is 32.4 Å². The highest BCUT2D eigenvalue weighted by Gasteiger charge is 2.25. The van der Waals surface area contributed by atoms with E-state index in [1.54, 1.807) is 17.6 Å². The number of aliphatic hydroxyl groups is 1. The molecule has 1 aromatic carbocycles. The van der Waals surface area contributed by atoms with Gasteiger partial charge in [-0.3, -0.25) is 14.3 Å². The number of aryl methyl sites for hydroxylation is 1. The van der Waals surface area contributed by atoms with Gasteiger partial charge in [0.15, 0.2) is 11.5 Å². The molecular formula is C30H45N7O5. The number of imidazole rings is 1. The van der Waals surface area contributed by atoms with E-state index in [-0.39, 0.29) is 30.1 Å². The zero-order valence-electron chi connectivity index (χ0n) is 24.9. The first kappa shape index (κ1) is 31.5. The van der Waals surface area contributed by atoms with Crippen LogP contribution >= 0.6 is 0 Å². The van der Waals surface area contributed by atoms with Crippen molar-refractivity contribution in [2.45, 2.75) is 77.9 Å². The number of H-pyrrole nitrogens is 1. The van der Waals surface area contributed by atoms with Crippen molar-refractivity contribution in [3.63, 3.8) is 0 Å². The second-order valence-corrected chi connectivity index (χ2v) is 10.8. The molecule has 12 heteroatoms. The zero-order chi connectivity index (χ0) is 29.9. The van der Waals surface area contributed by atoms with Gasteiger partial charge in [-0.2, -0.15) is 9.97 Å². The Kier molecular flexibility index (Phi) is 11.7. The van der Waals surface area contributed by atoms with Gasteiger partial charge >= 0.3 is 17.7 Å². The summed E-state index contributed by atoms with van der Waals surface area (Å²) in [6.45, 7) is 9.35. The second-order valence-electron chi connectivity index (χ2n) is 10.8. The molecule has 3 aromatic rings. The van der Waals surface area contributed by atoms with Gasteiger partial charge in [0, 0.05) is 45.2 Å². The summed E-state index contributed by atoms with van der Waals surface area (Å²) < 4.78 is 12.7. The molecule has 3 heterocycles. The summed E-state index contributed by atoms with van der Waals surface area (Å²) in [5, 5.41) is 9.22. The maximum Gasteiger partial charge on any atom is 0.327 e. The fraction of sp³-hybridized carbons (Fsp3) is 0.600. The van der Waals surface area contributed by atoms with Gasteiger partial charge in [0.2, 0.25) is 0 Å². The number of esters is 1. The summed E-state index contributed by atoms with van der Waals surface area (Å²) in [6, 6.07) is 8.25. The lowest BCUT2D eigenvalue weighted by Crippen LogP contribution is -2.45. The number of carbonyl (C=O) groups excluding carboxylic acids is 1. The Bertz CT molecular complexity index is 1350. The largest absolute Gasteiger partial charge is 0.463 e. The minimum absolute atomic E-state index is 0.180. The molecule has 1 aliphatic heterocycles. The van der Waals surface area contributed by atoms with Crippen LogP contribution in [0.15, 0.2) is 29.1 Å². The Balaban J connectivity index is 1.48. The van der Waals surface area contributed by atoms with Gasteiger partial charge < -0.3 is 30.2 Å². The van der Waals surface area contributed by atoms with Crippen LogP contribution in [0.2, 0.25) is 0 Å². The van der Waals surface area contributed by atoms with Gasteiger partial charge in [0.05, 0.1) is 6.61 Å². The number of unbranched alkanes of at least 4 members (excludes halogenated alkanes) is 1. The van der Waals surface area contributed by atoms with Gasteiger partial charge in [0.25, 0.3) is 0 Å². The zero-order valence-corrected chi connectivity index (χ0v) is 24.9. The molecule has 0 unspecified atom stereocenters. The van der Waals surface area contributed by atoms with Crippen LogP contribution in [-0.2, 0) is 17.9 Å². The summed E-state index contributed by atoms with van der Waals surface area (Å²) in [5.41, 5.74) is 7.80. The fourth-order valence-electron chi connectivity index (χ4n) is 5.38. The molecule has 4 rings (SSSR count). The number of piperidine rings is 1. The molecule has 0 aliphatic carbocycles. The normalized spacial score (nSPS) is 14.6. The number of hydrogen-bond acceptors (Lipinski definition) is 10. The highest BCUT2D eigenvalue weighted by atomic mass is 16.5. The average Bonchev–Trinajstić information content (AvgIpc) is 3.31. The number of benzene rings is 1. The van der Waals surface area contributed by atoms with E-state index in [4.69, 9.17) is 15.2 Å². The standard InChI is InChI=1S/C30H45N7O5/c1-3-5-19-41-29-33-27(31)26-28(34-29)37(30(40)32-26)15-7-14-36(23-11-16-35(17-12-23)13-8-18-38)21-22-9-6-10-24(20-22)42-25(39)4-2/h6,9-10,20,23,38H,3-5,7-8,11-19,21H2,1-2H3,(H,32,40)(H2,31,33,34). The molecule has 230 valence electrons. The van der Waals surface area contributed by atoms with Gasteiger partial charge in [-0.15, -0.1) is 0 Å². The summed E-state index contributed by atoms with van der Waals surface area (Å²) >= 11 is 0. The fourth-order valence-corrected chi connectivity index (χ4v) is 5.38. The van der Waals surface area contributed by atoms with Crippen LogP contribution in [0.3, 0.4) is 0 Å². The predicted molar refractivity (Wildman–Crippen MR) is 162 cm³/mol. The first-order valence-corrected chi connectivity index (χ1v) is 15.2. The van der Waals surface area contributed by atoms with Crippen LogP contribution < -0.4 is 20.9 Å². The molecule has 12 nitrogen and oxygen atoms in total. The van der Waals surface area contributed by atoms with E-state index >= 15 is 0 Å². The van der Waals surface area contributed by atoms with Crippen molar-refractivity contribution in [3.8, 4) is 11.8 Å². The molecule has 0 saturated carbocycles. The van der Waals surface area contributed by atoms with Crippen molar-refractivity contribution >= 4 is 23.0 Å². The van der Waals surface area contributed by atoms with Crippen molar-refractivity contribution in [3.05, 3.63) is 40.3 Å². The average molecular weight is 584 g/mol. The lowest BCUT2D eigenvalue weighted by atomic mass is 10.0. The molecule has 1 aliphatic rings. The Labute approximate surface area is 246 Å². The predicted octanol–water partition coefficient (Wildman–Crippen LogP) is 2.94. The van der Waals surface area contributed by atoms with Crippen LogP contribution in [0.4, 0.5) is 5.82 Å². The smallest absolute Gasteiger partial charge is 0.327 e. The monoisotopic (exact) mass is 583 g/mol. The quantitative estimate of drug-likeness (QED) is 0.130. The third-order valence-electron chi connectivity index (χ3n) is 7.70. The third kappa shape index (κ3) is 8.52. The summed E-state index contributed by atoms with van der Waals surface area (Å²) in [4.78, 5) is 41.1. The number of nitrogens with two attached hydrogens (primary N) is 1. The number of nitrogens with zero attached hydrogens (tertiary/aromatic N) is 5. The molecule has 42 heavy (non-hydrogen) atoms. The Morgan fingerprint density at radius 1 is 1.17 bits per heavy atom. The molecule has 4 N–H and O–H groups in total. The number of aromatic nitrogens is 4. The molecule has 0 spiro atoms. The van der Waals surface area contributed by atoms with Crippen molar-refractivity contribution in [2.24, 2.45) is 0 Å². The topological polar surface area (TPSA) is 152 Å². The second kappa shape index (κ2) is 15.7. The number of nitrogen functional groups attached to an aromatic ring is 1. The Hall–Kier alpha value is -3.48. The molecule has 0 radical (unpaired) electrons. The number of anilines is 1. The van der Waals surface area contributed by atoms with Gasteiger partial charge in [-0.25, -0.2) is 4.79 Å². The number of aliphatic hydroxyl groups excluding tert-OH is 1. The number of ether oxygens (including phenoxy) is 2. The van der Waals surface area contributed by atoms with Crippen molar-refractivity contribution in [2.75, 3.05) is 45.1 Å². The van der Waals surface area contributed by atoms with Crippen molar-refractivity contribution in [1.82, 2.24) is 29.3 Å². The van der Waals surface area contributed by atoms with Crippen LogP contribution in [0.1, 0.15) is 64.4 Å². The number of likely N-dealkylation sites (tertiary alicyclic amines) is 1. The van der Waals surface area contributed by atoms with E-state index in [1.807, 2.05) is 12.1 Å². The number of rotatable bonds is 16. The van der Waals surface area contributed by atoms with Crippen LogP contribution in [0.25, 0.3) is 11.2 Å². The van der Waals surface area contributed by atoms with Gasteiger partial charge in [-0.05, 0) is 62.9 Å². The van der Waals surface area contributed by atoms with Crippen LogP contribution in [0, 0.1) is 0 Å². The lowest BCUT2D eigenvalue weighted by Gasteiger charge is -2.38. The van der Waals surface area contributed by atoms with E-state index in [9.17, 15) is 14.7 Å². The minimum Gasteiger partial charge on any atom is -0.463 e. The lowest BCUT2D eigenvalue weighted by molar-refractivity contribution is -0.134. The molecule has 0 bridgehead atoms. The van der Waals surface area contributed by atoms with Crippen LogP contribution in [-0.4, -0.2) is 85.8 Å². The number of nitrogens with one attached hydrogen (secondary N) is 1. The highest BCUT2D eigenvalue weighted by molar-refractivity contribution is 5.81. The number of aromatic amines is 1. The highest BCUT2D eigenvalue weighted by Crippen LogP contribution is 2.23. The number of carbonyl (C=O) groups is 1. The Morgan fingerprint density at radius 2 is 1.98 bits per heavy atom.